The van der Waals surface area contributed by atoms with Gasteiger partial charge in [0.25, 0.3) is 5.91 Å². The SMILES string of the molecule is COc1cccc(F)c1C(CNC(=O)c1c(C)c(-c2ccccc2)nc2ccc(Br)cc12)C(=O)O. The van der Waals surface area contributed by atoms with Crippen molar-refractivity contribution in [3.8, 4) is 17.0 Å². The molecule has 0 bridgehead atoms. The molecule has 1 amide bonds. The summed E-state index contributed by atoms with van der Waals surface area (Å²) in [5, 5.41) is 13.1. The number of halogens is 2. The Labute approximate surface area is 209 Å². The van der Waals surface area contributed by atoms with Crippen molar-refractivity contribution in [2.24, 2.45) is 0 Å². The van der Waals surface area contributed by atoms with E-state index in [1.54, 1.807) is 13.0 Å². The lowest BCUT2D eigenvalue weighted by Crippen LogP contribution is -2.33. The van der Waals surface area contributed by atoms with Gasteiger partial charge < -0.3 is 15.2 Å². The Morgan fingerprint density at radius 2 is 1.86 bits per heavy atom. The molecule has 1 unspecified atom stereocenters. The number of pyridine rings is 1. The first-order chi connectivity index (χ1) is 16.8. The number of methoxy groups -OCH3 is 1. The highest BCUT2D eigenvalue weighted by Gasteiger charge is 2.28. The maximum absolute atomic E-state index is 14.6. The molecule has 178 valence electrons. The molecule has 0 spiro atoms. The van der Waals surface area contributed by atoms with Crippen molar-refractivity contribution >= 4 is 38.7 Å². The molecule has 0 aliphatic rings. The minimum Gasteiger partial charge on any atom is -0.496 e. The maximum Gasteiger partial charge on any atom is 0.313 e. The van der Waals surface area contributed by atoms with Crippen LogP contribution < -0.4 is 10.1 Å². The third-order valence-electron chi connectivity index (χ3n) is 5.81. The van der Waals surface area contributed by atoms with Gasteiger partial charge in [0.15, 0.2) is 0 Å². The van der Waals surface area contributed by atoms with Gasteiger partial charge in [-0.15, -0.1) is 0 Å². The zero-order valence-electron chi connectivity index (χ0n) is 19.0. The van der Waals surface area contributed by atoms with E-state index in [9.17, 15) is 19.1 Å². The molecule has 35 heavy (non-hydrogen) atoms. The van der Waals surface area contributed by atoms with Crippen molar-refractivity contribution in [1.29, 1.82) is 0 Å². The van der Waals surface area contributed by atoms with Gasteiger partial charge in [-0.25, -0.2) is 9.37 Å². The van der Waals surface area contributed by atoms with E-state index < -0.39 is 23.6 Å². The molecule has 0 radical (unpaired) electrons. The Morgan fingerprint density at radius 1 is 1.11 bits per heavy atom. The number of carbonyl (C=O) groups is 2. The molecule has 1 aromatic heterocycles. The van der Waals surface area contributed by atoms with Crippen LogP contribution in [0.15, 0.2) is 71.2 Å². The number of aliphatic carboxylic acids is 1. The van der Waals surface area contributed by atoms with Crippen LogP contribution in [0.5, 0.6) is 5.75 Å². The van der Waals surface area contributed by atoms with E-state index in [1.807, 2.05) is 42.5 Å². The van der Waals surface area contributed by atoms with E-state index in [0.717, 1.165) is 10.0 Å². The third kappa shape index (κ3) is 4.88. The second-order valence-corrected chi connectivity index (χ2v) is 8.86. The van der Waals surface area contributed by atoms with Crippen molar-refractivity contribution in [2.75, 3.05) is 13.7 Å². The largest absolute Gasteiger partial charge is 0.496 e. The lowest BCUT2D eigenvalue weighted by molar-refractivity contribution is -0.138. The number of rotatable bonds is 7. The number of hydrogen-bond donors (Lipinski definition) is 2. The molecule has 2 N–H and O–H groups in total. The van der Waals surface area contributed by atoms with Crippen LogP contribution >= 0.6 is 15.9 Å². The van der Waals surface area contributed by atoms with Gasteiger partial charge in [0.2, 0.25) is 0 Å². The molecule has 0 aliphatic heterocycles. The van der Waals surface area contributed by atoms with E-state index in [2.05, 4.69) is 21.2 Å². The summed E-state index contributed by atoms with van der Waals surface area (Å²) in [6.07, 6.45) is 0. The minimum atomic E-state index is -1.34. The summed E-state index contributed by atoms with van der Waals surface area (Å²) in [4.78, 5) is 30.3. The Morgan fingerprint density at radius 3 is 2.54 bits per heavy atom. The van der Waals surface area contributed by atoms with Crippen LogP contribution in [0.1, 0.15) is 27.4 Å². The molecule has 0 saturated heterocycles. The summed E-state index contributed by atoms with van der Waals surface area (Å²) in [5.41, 5.74) is 3.02. The molecule has 1 heterocycles. The highest BCUT2D eigenvalue weighted by atomic mass is 79.9. The lowest BCUT2D eigenvalue weighted by Gasteiger charge is -2.19. The standard InChI is InChI=1S/C27H22BrFN2O4/c1-15-23(18-13-17(28)11-12-21(18)31-25(15)16-7-4-3-5-8-16)26(32)30-14-19(27(33)34)24-20(29)9-6-10-22(24)35-2/h3-13,19H,14H2,1-2H3,(H,30,32)(H,33,34). The average Bonchev–Trinajstić information content (AvgIpc) is 2.84. The Kier molecular flexibility index (Phi) is 7.12. The number of nitrogens with one attached hydrogen (secondary N) is 1. The maximum atomic E-state index is 14.6. The van der Waals surface area contributed by atoms with Crippen LogP contribution in [0.3, 0.4) is 0 Å². The van der Waals surface area contributed by atoms with Crippen molar-refractivity contribution in [1.82, 2.24) is 10.3 Å². The minimum absolute atomic E-state index is 0.104. The molecule has 0 aliphatic carbocycles. The summed E-state index contributed by atoms with van der Waals surface area (Å²) in [6, 6.07) is 19.0. The molecular weight excluding hydrogens is 515 g/mol. The molecule has 0 fully saturated rings. The summed E-state index contributed by atoms with van der Waals surface area (Å²) >= 11 is 3.45. The number of amides is 1. The van der Waals surface area contributed by atoms with Crippen molar-refractivity contribution < 1.29 is 23.8 Å². The molecule has 6 nitrogen and oxygen atoms in total. The van der Waals surface area contributed by atoms with Gasteiger partial charge in [0, 0.05) is 27.5 Å². The zero-order chi connectivity index (χ0) is 25.1. The van der Waals surface area contributed by atoms with Crippen LogP contribution in [-0.4, -0.2) is 35.6 Å². The van der Waals surface area contributed by atoms with Crippen molar-refractivity contribution in [3.63, 3.8) is 0 Å². The topological polar surface area (TPSA) is 88.5 Å². The van der Waals surface area contributed by atoms with Gasteiger partial charge in [-0.2, -0.15) is 0 Å². The monoisotopic (exact) mass is 536 g/mol. The van der Waals surface area contributed by atoms with Crippen LogP contribution in [0.25, 0.3) is 22.2 Å². The highest BCUT2D eigenvalue weighted by Crippen LogP contribution is 2.32. The normalized spacial score (nSPS) is 11.8. The van der Waals surface area contributed by atoms with Gasteiger partial charge in [-0.05, 0) is 42.8 Å². The summed E-state index contributed by atoms with van der Waals surface area (Å²) in [7, 11) is 1.34. The van der Waals surface area contributed by atoms with E-state index in [-0.39, 0.29) is 17.9 Å². The van der Waals surface area contributed by atoms with Gasteiger partial charge in [-0.3, -0.25) is 9.59 Å². The lowest BCUT2D eigenvalue weighted by atomic mass is 9.95. The van der Waals surface area contributed by atoms with E-state index in [1.165, 1.54) is 25.3 Å². The van der Waals surface area contributed by atoms with Crippen LogP contribution in [-0.2, 0) is 4.79 Å². The first-order valence-corrected chi connectivity index (χ1v) is 11.6. The molecule has 0 saturated carbocycles. The number of nitrogens with zero attached hydrogens (tertiary/aromatic N) is 1. The Bertz CT molecular complexity index is 1430. The third-order valence-corrected chi connectivity index (χ3v) is 6.30. The number of carboxylic acid groups (broad SMARTS) is 1. The van der Waals surface area contributed by atoms with Crippen molar-refractivity contribution in [3.05, 3.63) is 93.7 Å². The van der Waals surface area contributed by atoms with Gasteiger partial charge >= 0.3 is 5.97 Å². The molecule has 1 atom stereocenters. The number of benzene rings is 3. The molecular formula is C27H22BrFN2O4. The van der Waals surface area contributed by atoms with E-state index in [4.69, 9.17) is 9.72 Å². The fraction of sp³-hybridized carbons (Fsp3) is 0.148. The molecule has 3 aromatic carbocycles. The molecule has 8 heteroatoms. The number of carboxylic acids is 1. The zero-order valence-corrected chi connectivity index (χ0v) is 20.6. The second kappa shape index (κ2) is 10.2. The predicted octanol–water partition coefficient (Wildman–Crippen LogP) is 5.72. The quantitative estimate of drug-likeness (QED) is 0.315. The fourth-order valence-corrected chi connectivity index (χ4v) is 4.49. The number of aromatic nitrogens is 1. The summed E-state index contributed by atoms with van der Waals surface area (Å²) < 4.78 is 20.5. The first kappa shape index (κ1) is 24.3. The van der Waals surface area contributed by atoms with Crippen LogP contribution in [0.4, 0.5) is 4.39 Å². The van der Waals surface area contributed by atoms with Gasteiger partial charge in [-0.1, -0.05) is 52.3 Å². The molecule has 4 rings (SSSR count). The van der Waals surface area contributed by atoms with Crippen molar-refractivity contribution in [2.45, 2.75) is 12.8 Å². The Hall–Kier alpha value is -3.78. The van der Waals surface area contributed by atoms with Gasteiger partial charge in [0.05, 0.1) is 23.9 Å². The summed E-state index contributed by atoms with van der Waals surface area (Å²) in [6.45, 7) is 1.47. The highest BCUT2D eigenvalue weighted by molar-refractivity contribution is 9.10. The van der Waals surface area contributed by atoms with E-state index in [0.29, 0.717) is 27.7 Å². The average molecular weight is 537 g/mol. The predicted molar refractivity (Wildman–Crippen MR) is 135 cm³/mol. The number of ether oxygens (including phenoxy) is 1. The first-order valence-electron chi connectivity index (χ1n) is 10.8. The number of carbonyl (C=O) groups excluding carboxylic acids is 1. The Balaban J connectivity index is 1.76. The number of hydrogen-bond acceptors (Lipinski definition) is 4. The van der Waals surface area contributed by atoms with Crippen LogP contribution in [0.2, 0.25) is 0 Å². The van der Waals surface area contributed by atoms with Gasteiger partial charge in [0.1, 0.15) is 17.5 Å². The fourth-order valence-electron chi connectivity index (χ4n) is 4.13. The van der Waals surface area contributed by atoms with Crippen LogP contribution in [0, 0.1) is 12.7 Å². The molecule has 4 aromatic rings. The summed E-state index contributed by atoms with van der Waals surface area (Å²) in [5.74, 6) is -3.72. The second-order valence-electron chi connectivity index (χ2n) is 7.94. The van der Waals surface area contributed by atoms with E-state index >= 15 is 0 Å². The number of fused-ring (bicyclic) bond motifs is 1. The smallest absolute Gasteiger partial charge is 0.313 e.